The summed E-state index contributed by atoms with van der Waals surface area (Å²) in [6.07, 6.45) is 2.53. The summed E-state index contributed by atoms with van der Waals surface area (Å²) in [5.74, 6) is -0.385. The van der Waals surface area contributed by atoms with Gasteiger partial charge in [0.1, 0.15) is 6.10 Å². The van der Waals surface area contributed by atoms with Gasteiger partial charge in [0.25, 0.3) is 15.9 Å². The Balaban J connectivity index is 1.90. The number of primary sulfonamides is 1. The Kier molecular flexibility index (Phi) is 5.46. The number of nitrogens with zero attached hydrogens (tertiary/aromatic N) is 1. The summed E-state index contributed by atoms with van der Waals surface area (Å²) >= 11 is 0. The molecule has 1 amide bonds. The molecule has 2 heterocycles. The number of anilines is 1. The number of aromatic nitrogens is 1. The van der Waals surface area contributed by atoms with E-state index in [2.05, 4.69) is 10.3 Å². The van der Waals surface area contributed by atoms with Gasteiger partial charge < -0.3 is 14.8 Å². The monoisotopic (exact) mass is 329 g/mol. The van der Waals surface area contributed by atoms with Crippen molar-refractivity contribution in [3.05, 3.63) is 18.3 Å². The summed E-state index contributed by atoms with van der Waals surface area (Å²) in [5, 5.41) is 7.25. The molecule has 0 spiro atoms. The SMILES string of the molecule is CC(OCC1CCCO1)C(=O)Nc1ccnc(S(N)(=O)=O)c1. The van der Waals surface area contributed by atoms with Gasteiger partial charge in [0, 0.05) is 24.6 Å². The van der Waals surface area contributed by atoms with Crippen LogP contribution in [0.4, 0.5) is 5.69 Å². The smallest absolute Gasteiger partial charge is 0.255 e. The molecule has 1 fully saturated rings. The fourth-order valence-electron chi connectivity index (χ4n) is 1.99. The van der Waals surface area contributed by atoms with E-state index >= 15 is 0 Å². The first-order valence-corrected chi connectivity index (χ1v) is 8.44. The fraction of sp³-hybridized carbons (Fsp3) is 0.538. The van der Waals surface area contributed by atoms with Crippen molar-refractivity contribution in [2.75, 3.05) is 18.5 Å². The van der Waals surface area contributed by atoms with E-state index in [1.807, 2.05) is 0 Å². The third-order valence-corrected chi connectivity index (χ3v) is 4.03. The van der Waals surface area contributed by atoms with Gasteiger partial charge in [-0.15, -0.1) is 0 Å². The van der Waals surface area contributed by atoms with Crippen LogP contribution in [-0.4, -0.2) is 44.7 Å². The maximum Gasteiger partial charge on any atom is 0.255 e. The second kappa shape index (κ2) is 7.14. The summed E-state index contributed by atoms with van der Waals surface area (Å²) in [6.45, 7) is 2.70. The Morgan fingerprint density at radius 2 is 2.41 bits per heavy atom. The summed E-state index contributed by atoms with van der Waals surface area (Å²) < 4.78 is 33.3. The topological polar surface area (TPSA) is 121 Å². The van der Waals surface area contributed by atoms with Crippen molar-refractivity contribution >= 4 is 21.6 Å². The highest BCUT2D eigenvalue weighted by atomic mass is 32.2. The van der Waals surface area contributed by atoms with Crippen molar-refractivity contribution in [3.8, 4) is 0 Å². The third kappa shape index (κ3) is 4.73. The molecular weight excluding hydrogens is 310 g/mol. The van der Waals surface area contributed by atoms with Crippen molar-refractivity contribution in [2.45, 2.75) is 37.0 Å². The molecule has 9 heteroatoms. The van der Waals surface area contributed by atoms with Crippen LogP contribution in [0.1, 0.15) is 19.8 Å². The Morgan fingerprint density at radius 3 is 3.05 bits per heavy atom. The van der Waals surface area contributed by atoms with E-state index in [4.69, 9.17) is 14.6 Å². The number of carbonyl (C=O) groups excluding carboxylic acids is 1. The van der Waals surface area contributed by atoms with Gasteiger partial charge in [0.05, 0.1) is 12.7 Å². The lowest BCUT2D eigenvalue weighted by Crippen LogP contribution is -2.30. The number of nitrogens with two attached hydrogens (primary N) is 1. The molecular formula is C13H19N3O5S. The maximum atomic E-state index is 12.0. The average molecular weight is 329 g/mol. The quantitative estimate of drug-likeness (QED) is 0.772. The van der Waals surface area contributed by atoms with Crippen molar-refractivity contribution in [2.24, 2.45) is 5.14 Å². The molecule has 2 rings (SSSR count). The van der Waals surface area contributed by atoms with E-state index in [1.54, 1.807) is 6.92 Å². The fourth-order valence-corrected chi connectivity index (χ4v) is 2.49. The number of nitrogens with one attached hydrogen (secondary N) is 1. The van der Waals surface area contributed by atoms with Gasteiger partial charge in [-0.2, -0.15) is 0 Å². The summed E-state index contributed by atoms with van der Waals surface area (Å²) in [4.78, 5) is 15.6. The first-order chi connectivity index (χ1) is 10.4. The van der Waals surface area contributed by atoms with Crippen LogP contribution in [0.25, 0.3) is 0 Å². The highest BCUT2D eigenvalue weighted by Crippen LogP contribution is 2.14. The number of ether oxygens (including phenoxy) is 2. The molecule has 8 nitrogen and oxygen atoms in total. The lowest BCUT2D eigenvalue weighted by molar-refractivity contribution is -0.128. The minimum atomic E-state index is -3.91. The van der Waals surface area contributed by atoms with E-state index in [0.29, 0.717) is 6.61 Å². The Morgan fingerprint density at radius 1 is 1.64 bits per heavy atom. The van der Waals surface area contributed by atoms with Crippen LogP contribution < -0.4 is 10.5 Å². The molecule has 2 unspecified atom stereocenters. The van der Waals surface area contributed by atoms with Crippen molar-refractivity contribution in [1.82, 2.24) is 4.98 Å². The molecule has 22 heavy (non-hydrogen) atoms. The zero-order valence-corrected chi connectivity index (χ0v) is 13.0. The molecule has 1 aromatic heterocycles. The first-order valence-electron chi connectivity index (χ1n) is 6.89. The first kappa shape index (κ1) is 16.8. The van der Waals surface area contributed by atoms with Crippen molar-refractivity contribution < 1.29 is 22.7 Å². The number of pyridine rings is 1. The lowest BCUT2D eigenvalue weighted by atomic mass is 10.2. The number of amides is 1. The number of hydrogen-bond donors (Lipinski definition) is 2. The standard InChI is InChI=1S/C13H19N3O5S/c1-9(21-8-11-3-2-6-20-11)13(17)16-10-4-5-15-12(7-10)22(14,18)19/h4-5,7,9,11H,2-3,6,8H2,1H3,(H2,14,18,19)(H,15,16,17). The molecule has 0 aromatic carbocycles. The molecule has 1 aromatic rings. The highest BCUT2D eigenvalue weighted by molar-refractivity contribution is 7.89. The molecule has 0 bridgehead atoms. The van der Waals surface area contributed by atoms with Gasteiger partial charge in [0.15, 0.2) is 5.03 Å². The molecule has 2 atom stereocenters. The Hall–Kier alpha value is -1.55. The Labute approximate surface area is 129 Å². The molecule has 1 aliphatic rings. The average Bonchev–Trinajstić information content (AvgIpc) is 2.97. The molecule has 0 radical (unpaired) electrons. The van der Waals surface area contributed by atoms with E-state index in [1.165, 1.54) is 18.3 Å². The number of carbonyl (C=O) groups is 1. The van der Waals surface area contributed by atoms with Gasteiger partial charge in [-0.3, -0.25) is 4.79 Å². The van der Waals surface area contributed by atoms with Gasteiger partial charge in [-0.05, 0) is 25.8 Å². The zero-order chi connectivity index (χ0) is 16.2. The summed E-state index contributed by atoms with van der Waals surface area (Å²) in [6, 6.07) is 2.67. The minimum absolute atomic E-state index is 0.0326. The predicted octanol–water partition coefficient (Wildman–Crippen LogP) is 0.252. The van der Waals surface area contributed by atoms with Crippen LogP contribution in [0.3, 0.4) is 0 Å². The molecule has 1 saturated heterocycles. The van der Waals surface area contributed by atoms with E-state index in [-0.39, 0.29) is 22.7 Å². The van der Waals surface area contributed by atoms with Crippen LogP contribution in [0, 0.1) is 0 Å². The van der Waals surface area contributed by atoms with Crippen LogP contribution in [-0.2, 0) is 24.3 Å². The lowest BCUT2D eigenvalue weighted by Gasteiger charge is -2.16. The van der Waals surface area contributed by atoms with E-state index in [9.17, 15) is 13.2 Å². The highest BCUT2D eigenvalue weighted by Gasteiger charge is 2.20. The van der Waals surface area contributed by atoms with Gasteiger partial charge in [-0.25, -0.2) is 18.5 Å². The second-order valence-electron chi connectivity index (χ2n) is 5.03. The number of hydrogen-bond acceptors (Lipinski definition) is 6. The number of rotatable bonds is 6. The molecule has 1 aliphatic heterocycles. The van der Waals surface area contributed by atoms with Crippen LogP contribution >= 0.6 is 0 Å². The maximum absolute atomic E-state index is 12.0. The number of sulfonamides is 1. The van der Waals surface area contributed by atoms with Crippen molar-refractivity contribution in [1.29, 1.82) is 0 Å². The van der Waals surface area contributed by atoms with Gasteiger partial charge >= 0.3 is 0 Å². The summed E-state index contributed by atoms with van der Waals surface area (Å²) in [5.41, 5.74) is 0.289. The minimum Gasteiger partial charge on any atom is -0.376 e. The Bertz CT molecular complexity index is 628. The second-order valence-corrected chi connectivity index (χ2v) is 6.54. The molecule has 0 saturated carbocycles. The van der Waals surface area contributed by atoms with Crippen LogP contribution in [0.2, 0.25) is 0 Å². The van der Waals surface area contributed by atoms with E-state index < -0.39 is 16.1 Å². The van der Waals surface area contributed by atoms with Gasteiger partial charge in [0.2, 0.25) is 0 Å². The summed E-state index contributed by atoms with van der Waals surface area (Å²) in [7, 11) is -3.91. The van der Waals surface area contributed by atoms with Crippen molar-refractivity contribution in [3.63, 3.8) is 0 Å². The predicted molar refractivity (Wildman–Crippen MR) is 78.6 cm³/mol. The molecule has 3 N–H and O–H groups in total. The van der Waals surface area contributed by atoms with Crippen LogP contribution in [0.5, 0.6) is 0 Å². The normalized spacial score (nSPS) is 19.8. The largest absolute Gasteiger partial charge is 0.376 e. The molecule has 0 aliphatic carbocycles. The zero-order valence-electron chi connectivity index (χ0n) is 12.2. The van der Waals surface area contributed by atoms with E-state index in [0.717, 1.165) is 19.4 Å². The third-order valence-electron chi connectivity index (χ3n) is 3.22. The molecule has 122 valence electrons. The van der Waals surface area contributed by atoms with Gasteiger partial charge in [-0.1, -0.05) is 0 Å². The van der Waals surface area contributed by atoms with Crippen LogP contribution in [0.15, 0.2) is 23.4 Å².